The number of nitrogens with zero attached hydrogens (tertiary/aromatic N) is 1. The van der Waals surface area contributed by atoms with Gasteiger partial charge in [0, 0.05) is 23.8 Å². The molecule has 0 saturated carbocycles. The van der Waals surface area contributed by atoms with Gasteiger partial charge in [-0.1, -0.05) is 0 Å². The van der Waals surface area contributed by atoms with Crippen LogP contribution in [0.2, 0.25) is 0 Å². The molecule has 1 fully saturated rings. The highest BCUT2D eigenvalue weighted by Crippen LogP contribution is 2.34. The maximum absolute atomic E-state index is 5.49. The summed E-state index contributed by atoms with van der Waals surface area (Å²) < 4.78 is 5.49. The van der Waals surface area contributed by atoms with Crippen LogP contribution in [0.1, 0.15) is 27.2 Å². The molecule has 2 rings (SSSR count). The van der Waals surface area contributed by atoms with E-state index < -0.39 is 0 Å². The molecular formula is C15H24N2O. The van der Waals surface area contributed by atoms with Gasteiger partial charge in [0.1, 0.15) is 5.75 Å². The van der Waals surface area contributed by atoms with E-state index in [1.807, 2.05) is 14.0 Å². The first kappa shape index (κ1) is 13.2. The molecular weight excluding hydrogens is 224 g/mol. The first-order chi connectivity index (χ1) is 8.59. The third-order valence-electron chi connectivity index (χ3n) is 4.00. The molecule has 0 bridgehead atoms. The van der Waals surface area contributed by atoms with Gasteiger partial charge < -0.3 is 15.0 Å². The lowest BCUT2D eigenvalue weighted by molar-refractivity contribution is 0.340. The number of hydrogen-bond donors (Lipinski definition) is 1. The largest absolute Gasteiger partial charge is 0.494 e. The molecule has 0 radical (unpaired) electrons. The Balaban J connectivity index is 2.17. The Morgan fingerprint density at radius 3 is 2.50 bits per heavy atom. The van der Waals surface area contributed by atoms with E-state index in [4.69, 9.17) is 4.74 Å². The van der Waals surface area contributed by atoms with Crippen molar-refractivity contribution in [3.8, 4) is 5.75 Å². The fourth-order valence-electron chi connectivity index (χ4n) is 2.94. The van der Waals surface area contributed by atoms with Crippen LogP contribution in [0, 0.1) is 0 Å². The maximum atomic E-state index is 5.49. The Kier molecular flexibility index (Phi) is 3.81. The first-order valence-electron chi connectivity index (χ1n) is 6.77. The molecule has 0 aliphatic carbocycles. The van der Waals surface area contributed by atoms with Crippen molar-refractivity contribution in [3.63, 3.8) is 0 Å². The van der Waals surface area contributed by atoms with Gasteiger partial charge in [-0.25, -0.2) is 0 Å². The van der Waals surface area contributed by atoms with E-state index in [0.717, 1.165) is 18.9 Å². The molecule has 1 aromatic carbocycles. The molecule has 1 aliphatic rings. The van der Waals surface area contributed by atoms with Crippen LogP contribution in [-0.4, -0.2) is 31.8 Å². The molecule has 100 valence electrons. The summed E-state index contributed by atoms with van der Waals surface area (Å²) in [6.07, 6.45) is 1.19. The van der Waals surface area contributed by atoms with E-state index in [9.17, 15) is 0 Å². The van der Waals surface area contributed by atoms with Gasteiger partial charge in [0.25, 0.3) is 0 Å². The lowest BCUT2D eigenvalue weighted by Gasteiger charge is -2.37. The molecule has 1 heterocycles. The van der Waals surface area contributed by atoms with Crippen LogP contribution in [0.4, 0.5) is 5.69 Å². The number of benzene rings is 1. The summed E-state index contributed by atoms with van der Waals surface area (Å²) in [7, 11) is 2.05. The molecule has 0 aromatic heterocycles. The fraction of sp³-hybridized carbons (Fsp3) is 0.600. The van der Waals surface area contributed by atoms with Crippen LogP contribution >= 0.6 is 0 Å². The summed E-state index contributed by atoms with van der Waals surface area (Å²) in [5, 5.41) is 3.42. The van der Waals surface area contributed by atoms with Crippen molar-refractivity contribution < 1.29 is 4.74 Å². The number of likely N-dealkylation sites (N-methyl/N-ethyl adjacent to an activating group) is 1. The molecule has 1 unspecified atom stereocenters. The highest BCUT2D eigenvalue weighted by atomic mass is 16.5. The highest BCUT2D eigenvalue weighted by molar-refractivity contribution is 5.53. The zero-order chi connectivity index (χ0) is 13.2. The second-order valence-electron chi connectivity index (χ2n) is 5.36. The molecule has 3 heteroatoms. The van der Waals surface area contributed by atoms with E-state index in [1.54, 1.807) is 0 Å². The quantitative estimate of drug-likeness (QED) is 0.886. The zero-order valence-electron chi connectivity index (χ0n) is 11.9. The lowest BCUT2D eigenvalue weighted by atomic mass is 9.95. The first-order valence-corrected chi connectivity index (χ1v) is 6.77. The number of rotatable bonds is 4. The van der Waals surface area contributed by atoms with Gasteiger partial charge >= 0.3 is 0 Å². The minimum Gasteiger partial charge on any atom is -0.494 e. The topological polar surface area (TPSA) is 24.5 Å². The maximum Gasteiger partial charge on any atom is 0.119 e. The number of anilines is 1. The summed E-state index contributed by atoms with van der Waals surface area (Å²) in [5.74, 6) is 0.948. The second-order valence-corrected chi connectivity index (χ2v) is 5.36. The smallest absolute Gasteiger partial charge is 0.119 e. The standard InChI is InChI=1S/C15H24N2O/c1-5-18-13-8-6-12(7-9-13)17-11-10-14(16-4)15(17,2)3/h6-9,14,16H,5,10-11H2,1-4H3. The van der Waals surface area contributed by atoms with Crippen molar-refractivity contribution in [3.05, 3.63) is 24.3 Å². The predicted octanol–water partition coefficient (Wildman–Crippen LogP) is 2.66. The molecule has 1 saturated heterocycles. The minimum atomic E-state index is 0.155. The van der Waals surface area contributed by atoms with Gasteiger partial charge in [-0.2, -0.15) is 0 Å². The summed E-state index contributed by atoms with van der Waals surface area (Å²) in [5.41, 5.74) is 1.43. The normalized spacial score (nSPS) is 22.2. The van der Waals surface area contributed by atoms with E-state index in [0.29, 0.717) is 6.04 Å². The molecule has 1 aliphatic heterocycles. The molecule has 3 nitrogen and oxygen atoms in total. The highest BCUT2D eigenvalue weighted by Gasteiger charge is 2.40. The Morgan fingerprint density at radius 2 is 2.00 bits per heavy atom. The number of ether oxygens (including phenoxy) is 1. The third-order valence-corrected chi connectivity index (χ3v) is 4.00. The van der Waals surface area contributed by atoms with Crippen molar-refractivity contribution >= 4 is 5.69 Å². The molecule has 18 heavy (non-hydrogen) atoms. The van der Waals surface area contributed by atoms with Crippen molar-refractivity contribution in [2.24, 2.45) is 0 Å². The summed E-state index contributed by atoms with van der Waals surface area (Å²) in [4.78, 5) is 2.48. The van der Waals surface area contributed by atoms with Crippen LogP contribution < -0.4 is 15.0 Å². The van der Waals surface area contributed by atoms with Crippen molar-refractivity contribution in [1.29, 1.82) is 0 Å². The molecule has 1 N–H and O–H groups in total. The van der Waals surface area contributed by atoms with Gasteiger partial charge in [0.05, 0.1) is 6.61 Å². The number of nitrogens with one attached hydrogen (secondary N) is 1. The summed E-state index contributed by atoms with van der Waals surface area (Å²) in [6, 6.07) is 8.97. The van der Waals surface area contributed by atoms with E-state index in [1.165, 1.54) is 12.1 Å². The SMILES string of the molecule is CCOc1ccc(N2CCC(NC)C2(C)C)cc1. The Labute approximate surface area is 110 Å². The van der Waals surface area contributed by atoms with Crippen molar-refractivity contribution in [2.75, 3.05) is 25.1 Å². The van der Waals surface area contributed by atoms with Crippen molar-refractivity contribution in [1.82, 2.24) is 5.32 Å². The molecule has 0 spiro atoms. The summed E-state index contributed by atoms with van der Waals surface area (Å²) >= 11 is 0. The van der Waals surface area contributed by atoms with Gasteiger partial charge in [-0.05, 0) is 58.5 Å². The van der Waals surface area contributed by atoms with Gasteiger partial charge in [-0.15, -0.1) is 0 Å². The Hall–Kier alpha value is -1.22. The van der Waals surface area contributed by atoms with Crippen LogP contribution in [0.5, 0.6) is 5.75 Å². The van der Waals surface area contributed by atoms with Crippen LogP contribution in [0.15, 0.2) is 24.3 Å². The third kappa shape index (κ3) is 2.32. The van der Waals surface area contributed by atoms with Crippen molar-refractivity contribution in [2.45, 2.75) is 38.8 Å². The van der Waals surface area contributed by atoms with E-state index in [2.05, 4.69) is 48.3 Å². The Bertz CT molecular complexity index is 386. The Morgan fingerprint density at radius 1 is 1.33 bits per heavy atom. The monoisotopic (exact) mass is 248 g/mol. The summed E-state index contributed by atoms with van der Waals surface area (Å²) in [6.45, 7) is 8.44. The average molecular weight is 248 g/mol. The average Bonchev–Trinajstić information content (AvgIpc) is 2.65. The zero-order valence-corrected chi connectivity index (χ0v) is 11.9. The molecule has 0 amide bonds. The molecule has 1 atom stereocenters. The molecule has 1 aromatic rings. The lowest BCUT2D eigenvalue weighted by Crippen LogP contribution is -2.50. The van der Waals surface area contributed by atoms with Gasteiger partial charge in [0.2, 0.25) is 0 Å². The van der Waals surface area contributed by atoms with Crippen LogP contribution in [0.3, 0.4) is 0 Å². The van der Waals surface area contributed by atoms with Gasteiger partial charge in [-0.3, -0.25) is 0 Å². The number of hydrogen-bond acceptors (Lipinski definition) is 3. The van der Waals surface area contributed by atoms with Crippen LogP contribution in [-0.2, 0) is 0 Å². The fourth-order valence-corrected chi connectivity index (χ4v) is 2.94. The minimum absolute atomic E-state index is 0.155. The van der Waals surface area contributed by atoms with Gasteiger partial charge in [0.15, 0.2) is 0 Å². The van der Waals surface area contributed by atoms with E-state index in [-0.39, 0.29) is 5.54 Å². The van der Waals surface area contributed by atoms with Crippen LogP contribution in [0.25, 0.3) is 0 Å². The predicted molar refractivity (Wildman–Crippen MR) is 76.5 cm³/mol. The second kappa shape index (κ2) is 5.19. The van der Waals surface area contributed by atoms with E-state index >= 15 is 0 Å².